The van der Waals surface area contributed by atoms with Crippen LogP contribution in [0.3, 0.4) is 0 Å². The van der Waals surface area contributed by atoms with Crippen LogP contribution >= 0.6 is 0 Å². The van der Waals surface area contributed by atoms with Crippen molar-refractivity contribution in [2.45, 2.75) is 64.2 Å². The number of fused-ring (bicyclic) bond motifs is 1. The highest BCUT2D eigenvalue weighted by Gasteiger charge is 2.37. The normalized spacial score (nSPS) is 23.8. The second-order valence-corrected chi connectivity index (χ2v) is 10.2. The van der Waals surface area contributed by atoms with Gasteiger partial charge in [-0.2, -0.15) is 0 Å². The van der Waals surface area contributed by atoms with E-state index in [4.69, 9.17) is 9.47 Å². The van der Waals surface area contributed by atoms with Crippen LogP contribution in [0.15, 0.2) is 61.2 Å². The van der Waals surface area contributed by atoms with Gasteiger partial charge in [0.1, 0.15) is 29.7 Å². The molecule has 0 heterocycles. The summed E-state index contributed by atoms with van der Waals surface area (Å²) in [5.41, 5.74) is -0.0000150. The molecule has 2 fully saturated rings. The Kier molecular flexibility index (Phi) is 8.95. The van der Waals surface area contributed by atoms with Crippen molar-refractivity contribution in [3.8, 4) is 11.5 Å². The van der Waals surface area contributed by atoms with Gasteiger partial charge < -0.3 is 9.47 Å². The van der Waals surface area contributed by atoms with E-state index in [0.29, 0.717) is 24.2 Å². The van der Waals surface area contributed by atoms with E-state index in [-0.39, 0.29) is 22.8 Å². The fourth-order valence-corrected chi connectivity index (χ4v) is 5.97. The molecular weight excluding hydrogens is 458 g/mol. The molecule has 0 aromatic heterocycles. The summed E-state index contributed by atoms with van der Waals surface area (Å²) in [6.07, 6.45) is 14.2. The molecule has 5 heteroatoms. The van der Waals surface area contributed by atoms with Crippen molar-refractivity contribution < 1.29 is 23.0 Å². The molecule has 0 radical (unpaired) electrons. The average Bonchev–Trinajstić information content (AvgIpc) is 2.88. The van der Waals surface area contributed by atoms with Gasteiger partial charge in [-0.05, 0) is 112 Å². The first-order valence-corrected chi connectivity index (χ1v) is 13.1. The van der Waals surface area contributed by atoms with E-state index in [9.17, 15) is 4.79 Å². The van der Waals surface area contributed by atoms with Gasteiger partial charge in [0.15, 0.2) is 0 Å². The predicted molar refractivity (Wildman–Crippen MR) is 138 cm³/mol. The molecule has 2 aliphatic rings. The third-order valence-corrected chi connectivity index (χ3v) is 7.84. The molecular formula is C31H36F2O3. The van der Waals surface area contributed by atoms with E-state index in [0.717, 1.165) is 50.2 Å². The smallest absolute Gasteiger partial charge is 0.343 e. The third kappa shape index (κ3) is 6.43. The minimum Gasteiger partial charge on any atom is -0.490 e. The predicted octanol–water partition coefficient (Wildman–Crippen LogP) is 8.41. The first-order chi connectivity index (χ1) is 17.5. The van der Waals surface area contributed by atoms with Crippen LogP contribution in [0.2, 0.25) is 0 Å². The van der Waals surface area contributed by atoms with Gasteiger partial charge in [-0.25, -0.2) is 13.6 Å². The van der Waals surface area contributed by atoms with Crippen molar-refractivity contribution in [2.75, 3.05) is 6.61 Å². The quantitative estimate of drug-likeness (QED) is 0.199. The zero-order valence-corrected chi connectivity index (χ0v) is 21.1. The van der Waals surface area contributed by atoms with E-state index >= 15 is 8.78 Å². The first kappa shape index (κ1) is 26.1. The molecule has 0 aliphatic heterocycles. The van der Waals surface area contributed by atoms with Crippen molar-refractivity contribution in [1.82, 2.24) is 0 Å². The molecule has 0 N–H and O–H groups in total. The van der Waals surface area contributed by atoms with Crippen LogP contribution in [0, 0.1) is 29.4 Å². The molecule has 2 aliphatic carbocycles. The van der Waals surface area contributed by atoms with E-state index in [1.54, 1.807) is 24.3 Å². The maximum atomic E-state index is 15.1. The molecule has 192 valence electrons. The van der Waals surface area contributed by atoms with Crippen LogP contribution in [0.5, 0.6) is 11.5 Å². The van der Waals surface area contributed by atoms with E-state index in [2.05, 4.69) is 6.58 Å². The maximum Gasteiger partial charge on any atom is 0.343 e. The molecule has 4 unspecified atom stereocenters. The van der Waals surface area contributed by atoms with Gasteiger partial charge in [0.25, 0.3) is 0 Å². The summed E-state index contributed by atoms with van der Waals surface area (Å²) in [5, 5.41) is 0. The number of esters is 1. The van der Waals surface area contributed by atoms with Crippen molar-refractivity contribution >= 4 is 5.97 Å². The largest absolute Gasteiger partial charge is 0.490 e. The number of rotatable bonds is 9. The van der Waals surface area contributed by atoms with Crippen LogP contribution < -0.4 is 9.47 Å². The summed E-state index contributed by atoms with van der Waals surface area (Å²) < 4.78 is 41.1. The zero-order chi connectivity index (χ0) is 25.5. The van der Waals surface area contributed by atoms with Crippen molar-refractivity contribution in [1.29, 1.82) is 0 Å². The molecule has 4 atom stereocenters. The number of carbonyl (C=O) groups excluding carboxylic acids is 1. The van der Waals surface area contributed by atoms with Gasteiger partial charge in [-0.3, -0.25) is 0 Å². The Hall–Kier alpha value is -2.95. The lowest BCUT2D eigenvalue weighted by Gasteiger charge is -2.42. The van der Waals surface area contributed by atoms with Gasteiger partial charge in [0.05, 0.1) is 5.56 Å². The second-order valence-electron chi connectivity index (χ2n) is 10.2. The summed E-state index contributed by atoms with van der Waals surface area (Å²) in [7, 11) is 0. The van der Waals surface area contributed by atoms with Crippen molar-refractivity contribution in [3.05, 3.63) is 84.0 Å². The summed E-state index contributed by atoms with van der Waals surface area (Å²) in [6.45, 7) is 6.18. The van der Waals surface area contributed by atoms with Crippen molar-refractivity contribution in [2.24, 2.45) is 17.8 Å². The number of hydrogen-bond acceptors (Lipinski definition) is 3. The lowest BCUT2D eigenvalue weighted by molar-refractivity contribution is 0.0733. The van der Waals surface area contributed by atoms with Crippen LogP contribution in [0.25, 0.3) is 0 Å². The van der Waals surface area contributed by atoms with Crippen LogP contribution in [0.4, 0.5) is 8.78 Å². The molecule has 2 saturated carbocycles. The fourth-order valence-electron chi connectivity index (χ4n) is 5.97. The van der Waals surface area contributed by atoms with Crippen LogP contribution in [-0.4, -0.2) is 12.6 Å². The Morgan fingerprint density at radius 2 is 1.67 bits per heavy atom. The van der Waals surface area contributed by atoms with Gasteiger partial charge in [-0.1, -0.05) is 24.6 Å². The monoisotopic (exact) mass is 494 g/mol. The summed E-state index contributed by atoms with van der Waals surface area (Å²) in [6, 6.07) is 8.78. The second kappa shape index (κ2) is 12.3. The van der Waals surface area contributed by atoms with Gasteiger partial charge >= 0.3 is 5.97 Å². The Balaban J connectivity index is 1.38. The third-order valence-electron chi connectivity index (χ3n) is 7.84. The highest BCUT2D eigenvalue weighted by Crippen LogP contribution is 2.49. The highest BCUT2D eigenvalue weighted by molar-refractivity contribution is 5.91. The first-order valence-electron chi connectivity index (χ1n) is 13.1. The molecule has 0 spiro atoms. The summed E-state index contributed by atoms with van der Waals surface area (Å²) in [5.74, 6) is 0.610. The molecule has 3 nitrogen and oxygen atoms in total. The Bertz CT molecular complexity index is 1050. The highest BCUT2D eigenvalue weighted by atomic mass is 19.1. The zero-order valence-electron chi connectivity index (χ0n) is 21.1. The SMILES string of the molecule is C=CCCC1CCC2CC(c3c(F)cc(C(=O)Oc4ccc(OC/C=C/C)cc4)cc3F)CCC2C1. The van der Waals surface area contributed by atoms with Crippen LogP contribution in [0.1, 0.15) is 80.1 Å². The van der Waals surface area contributed by atoms with E-state index in [1.165, 1.54) is 19.3 Å². The molecule has 0 saturated heterocycles. The number of carbonyl (C=O) groups is 1. The Morgan fingerprint density at radius 1 is 1.00 bits per heavy atom. The van der Waals surface area contributed by atoms with Crippen LogP contribution in [-0.2, 0) is 0 Å². The minimum atomic E-state index is -0.788. The number of allylic oxidation sites excluding steroid dienone is 2. The lowest BCUT2D eigenvalue weighted by Crippen LogP contribution is -2.31. The van der Waals surface area contributed by atoms with Gasteiger partial charge in [-0.15, -0.1) is 6.58 Å². The molecule has 2 aromatic carbocycles. The molecule has 0 bridgehead atoms. The number of ether oxygens (including phenoxy) is 2. The Morgan fingerprint density at radius 3 is 2.36 bits per heavy atom. The number of hydrogen-bond donors (Lipinski definition) is 0. The molecule has 0 amide bonds. The van der Waals surface area contributed by atoms with Crippen molar-refractivity contribution in [3.63, 3.8) is 0 Å². The maximum absolute atomic E-state index is 15.1. The number of halogens is 2. The average molecular weight is 495 g/mol. The standard InChI is InChI=1S/C31H36F2O3/c1-3-5-7-21-8-9-23-18-24(11-10-22(23)17-21)30-28(32)19-25(20-29(30)33)31(34)36-27-14-12-26(13-15-27)35-16-6-4-2/h3-4,6,12-15,19-24H,1,5,7-11,16-18H2,2H3/b6-4+. The van der Waals surface area contributed by atoms with E-state index in [1.807, 2.05) is 25.2 Å². The van der Waals surface area contributed by atoms with Gasteiger partial charge in [0.2, 0.25) is 0 Å². The lowest BCUT2D eigenvalue weighted by atomic mass is 9.63. The summed E-state index contributed by atoms with van der Waals surface area (Å²) in [4.78, 5) is 12.6. The van der Waals surface area contributed by atoms with Gasteiger partial charge in [0, 0.05) is 5.56 Å². The molecule has 2 aromatic rings. The fraction of sp³-hybridized carbons (Fsp3) is 0.452. The molecule has 36 heavy (non-hydrogen) atoms. The molecule has 4 rings (SSSR count). The Labute approximate surface area is 213 Å². The number of benzene rings is 2. The van der Waals surface area contributed by atoms with E-state index < -0.39 is 17.6 Å². The summed E-state index contributed by atoms with van der Waals surface area (Å²) >= 11 is 0. The topological polar surface area (TPSA) is 35.5 Å². The minimum absolute atomic E-state index is 0.126.